The van der Waals surface area contributed by atoms with Gasteiger partial charge >= 0.3 is 0 Å². The van der Waals surface area contributed by atoms with E-state index in [0.29, 0.717) is 18.8 Å². The van der Waals surface area contributed by atoms with E-state index in [1.807, 2.05) is 18.2 Å². The summed E-state index contributed by atoms with van der Waals surface area (Å²) in [5.74, 6) is -0.212. The number of rotatable bonds is 9. The van der Waals surface area contributed by atoms with Gasteiger partial charge in [-0.15, -0.1) is 0 Å². The van der Waals surface area contributed by atoms with E-state index < -0.39 is 22.2 Å². The van der Waals surface area contributed by atoms with Crippen molar-refractivity contribution >= 4 is 22.0 Å². The van der Waals surface area contributed by atoms with Gasteiger partial charge in [-0.3, -0.25) is 4.79 Å². The van der Waals surface area contributed by atoms with Crippen LogP contribution in [0.25, 0.3) is 17.2 Å². The Morgan fingerprint density at radius 2 is 1.95 bits per heavy atom. The molecule has 2 aliphatic rings. The molecule has 212 valence electrons. The summed E-state index contributed by atoms with van der Waals surface area (Å²) < 4.78 is 39.2. The fraction of sp³-hybridized carbons (Fsp3) is 0.367. The third-order valence-electron chi connectivity index (χ3n) is 7.24. The molecule has 0 saturated carbocycles. The number of nitrogens with one attached hydrogen (secondary N) is 2. The van der Waals surface area contributed by atoms with Crippen LogP contribution in [0.5, 0.6) is 0 Å². The van der Waals surface area contributed by atoms with Gasteiger partial charge in [0.25, 0.3) is 15.9 Å². The summed E-state index contributed by atoms with van der Waals surface area (Å²) in [6.07, 6.45) is 8.14. The maximum absolute atomic E-state index is 13.4. The van der Waals surface area contributed by atoms with E-state index >= 15 is 0 Å². The van der Waals surface area contributed by atoms with Crippen molar-refractivity contribution in [3.8, 4) is 11.1 Å². The minimum atomic E-state index is -3.83. The van der Waals surface area contributed by atoms with Gasteiger partial charge in [-0.1, -0.05) is 43.3 Å². The highest BCUT2D eigenvalue weighted by atomic mass is 32.2. The highest BCUT2D eigenvalue weighted by molar-refractivity contribution is 7.90. The molecule has 3 unspecified atom stereocenters. The quantitative estimate of drug-likeness (QED) is 0.298. The molecular formula is C30H35N3O6S. The Bertz CT molecular complexity index is 1420. The van der Waals surface area contributed by atoms with E-state index in [4.69, 9.17) is 14.3 Å². The lowest BCUT2D eigenvalue weighted by Gasteiger charge is -2.29. The van der Waals surface area contributed by atoms with Crippen LogP contribution in [0.15, 0.2) is 78.0 Å². The number of ether oxygens (including phenoxy) is 2. The largest absolute Gasteiger partial charge is 0.375 e. The highest BCUT2D eigenvalue weighted by Gasteiger charge is 2.22. The predicted molar refractivity (Wildman–Crippen MR) is 152 cm³/mol. The molecule has 3 heterocycles. The fourth-order valence-corrected chi connectivity index (χ4v) is 6.08. The van der Waals surface area contributed by atoms with Crippen LogP contribution in [0.1, 0.15) is 43.2 Å². The smallest absolute Gasteiger partial charge is 0.267 e. The molecule has 2 N–H and O–H groups in total. The molecular weight excluding hydrogens is 530 g/mol. The second-order valence-corrected chi connectivity index (χ2v) is 11.9. The van der Waals surface area contributed by atoms with E-state index in [2.05, 4.69) is 29.9 Å². The molecule has 2 aromatic carbocycles. The summed E-state index contributed by atoms with van der Waals surface area (Å²) in [7, 11) is -3.83. The van der Waals surface area contributed by atoms with Crippen LogP contribution in [0, 0.1) is 0 Å². The Kier molecular flexibility index (Phi) is 9.13. The third-order valence-corrected chi connectivity index (χ3v) is 8.87. The minimum absolute atomic E-state index is 0.133. The van der Waals surface area contributed by atoms with E-state index in [9.17, 15) is 13.2 Å². The molecule has 0 aliphatic carbocycles. The molecule has 0 bridgehead atoms. The van der Waals surface area contributed by atoms with E-state index in [1.54, 1.807) is 24.3 Å². The highest BCUT2D eigenvalue weighted by Crippen LogP contribution is 2.28. The van der Waals surface area contributed by atoms with Crippen LogP contribution < -0.4 is 10.8 Å². The van der Waals surface area contributed by atoms with Crippen LogP contribution in [0.3, 0.4) is 0 Å². The van der Waals surface area contributed by atoms with E-state index in [1.165, 1.54) is 30.1 Å². The Hall–Kier alpha value is -3.28. The predicted octanol–water partition coefficient (Wildman–Crippen LogP) is 4.07. The number of carbonyl (C=O) groups is 1. The number of hydrogen-bond acceptors (Lipinski definition) is 7. The van der Waals surface area contributed by atoms with Gasteiger partial charge in [0.2, 0.25) is 0 Å². The molecule has 0 radical (unpaired) electrons. The normalized spacial score (nSPS) is 20.8. The topological polar surface area (TPSA) is 108 Å². The third kappa shape index (κ3) is 6.89. The number of hydroxylamine groups is 1. The standard InChI is InChI=1S/C30H35N3O6S/c1-22(28-20-31-15-18-37-28)24-9-11-25(12-10-24)26-5-4-6-27(19-26)40(35,36)33-16-14-23(21-33)8-13-29(34)32-39-30-7-2-3-17-38-30/h4-6,8-14,16,19,21-22,28,30-31H,2-3,7,15,17-18,20H2,1H3,(H,32,34). The first-order chi connectivity index (χ1) is 19.4. The second-order valence-electron chi connectivity index (χ2n) is 10.0. The van der Waals surface area contributed by atoms with Gasteiger partial charge in [0.05, 0.1) is 17.6 Å². The molecule has 10 heteroatoms. The molecule has 9 nitrogen and oxygen atoms in total. The molecule has 3 aromatic rings. The van der Waals surface area contributed by atoms with Gasteiger partial charge in [0.15, 0.2) is 6.29 Å². The Morgan fingerprint density at radius 3 is 2.70 bits per heavy atom. The fourth-order valence-electron chi connectivity index (χ4n) is 4.83. The molecule has 5 rings (SSSR count). The van der Waals surface area contributed by atoms with Crippen molar-refractivity contribution in [3.63, 3.8) is 0 Å². The van der Waals surface area contributed by atoms with Gasteiger partial charge in [-0.25, -0.2) is 22.7 Å². The molecule has 2 aliphatic heterocycles. The summed E-state index contributed by atoms with van der Waals surface area (Å²) in [4.78, 5) is 17.5. The van der Waals surface area contributed by atoms with Crippen LogP contribution >= 0.6 is 0 Å². The average molecular weight is 566 g/mol. The zero-order valence-electron chi connectivity index (χ0n) is 22.5. The summed E-state index contributed by atoms with van der Waals surface area (Å²) in [5, 5.41) is 3.37. The summed E-state index contributed by atoms with van der Waals surface area (Å²) in [6.45, 7) is 5.20. The lowest BCUT2D eigenvalue weighted by molar-refractivity contribution is -0.198. The number of morpholine rings is 1. The van der Waals surface area contributed by atoms with E-state index in [0.717, 1.165) is 47.5 Å². The first kappa shape index (κ1) is 28.3. The molecule has 1 amide bonds. The molecule has 3 atom stereocenters. The van der Waals surface area contributed by atoms with Crippen LogP contribution in [0.4, 0.5) is 0 Å². The van der Waals surface area contributed by atoms with Gasteiger partial charge in [-0.2, -0.15) is 0 Å². The van der Waals surface area contributed by atoms with Crippen LogP contribution in [-0.2, 0) is 29.1 Å². The number of aromatic nitrogens is 1. The molecule has 1 aromatic heterocycles. The van der Waals surface area contributed by atoms with Gasteiger partial charge in [-0.05, 0) is 59.4 Å². The number of amides is 1. The number of benzene rings is 2. The number of hydrogen-bond donors (Lipinski definition) is 2. The molecule has 2 fully saturated rings. The van der Waals surface area contributed by atoms with Gasteiger partial charge < -0.3 is 14.8 Å². The summed E-state index contributed by atoms with van der Waals surface area (Å²) >= 11 is 0. The Morgan fingerprint density at radius 1 is 1.10 bits per heavy atom. The lowest BCUT2D eigenvalue weighted by atomic mass is 9.93. The van der Waals surface area contributed by atoms with Crippen molar-refractivity contribution in [2.24, 2.45) is 0 Å². The maximum atomic E-state index is 13.4. The summed E-state index contributed by atoms with van der Waals surface area (Å²) in [6, 6.07) is 16.7. The number of carbonyl (C=O) groups excluding carboxylic acids is 1. The monoisotopic (exact) mass is 565 g/mol. The Labute approximate surface area is 235 Å². The zero-order chi connectivity index (χ0) is 28.0. The second kappa shape index (κ2) is 12.9. The Balaban J connectivity index is 1.24. The van der Waals surface area contributed by atoms with Crippen molar-refractivity contribution in [2.75, 3.05) is 26.3 Å². The van der Waals surface area contributed by atoms with Crippen molar-refractivity contribution in [3.05, 3.63) is 84.2 Å². The van der Waals surface area contributed by atoms with Crippen LogP contribution in [-0.4, -0.2) is 57.0 Å². The first-order valence-electron chi connectivity index (χ1n) is 13.6. The zero-order valence-corrected chi connectivity index (χ0v) is 23.3. The van der Waals surface area contributed by atoms with Crippen LogP contribution in [0.2, 0.25) is 0 Å². The van der Waals surface area contributed by atoms with E-state index in [-0.39, 0.29) is 16.9 Å². The average Bonchev–Trinajstić information content (AvgIpc) is 3.50. The van der Waals surface area contributed by atoms with Crippen molar-refractivity contribution in [1.82, 2.24) is 14.8 Å². The molecule has 0 spiro atoms. The van der Waals surface area contributed by atoms with Crippen molar-refractivity contribution in [2.45, 2.75) is 49.4 Å². The van der Waals surface area contributed by atoms with Crippen molar-refractivity contribution < 1.29 is 27.5 Å². The lowest BCUT2D eigenvalue weighted by Crippen LogP contribution is -2.41. The summed E-state index contributed by atoms with van der Waals surface area (Å²) in [5.41, 5.74) is 5.82. The molecule has 40 heavy (non-hydrogen) atoms. The number of nitrogens with zero attached hydrogens (tertiary/aromatic N) is 1. The van der Waals surface area contributed by atoms with Gasteiger partial charge in [0, 0.05) is 50.5 Å². The first-order valence-corrected chi connectivity index (χ1v) is 15.1. The maximum Gasteiger partial charge on any atom is 0.267 e. The van der Waals surface area contributed by atoms with Gasteiger partial charge in [0.1, 0.15) is 0 Å². The molecule has 2 saturated heterocycles. The SMILES string of the molecule is CC(c1ccc(-c2cccc(S(=O)(=O)n3ccc(C=CC(=O)NOC4CCCCO4)c3)c2)cc1)C1CNCCO1. The minimum Gasteiger partial charge on any atom is -0.375 e. The van der Waals surface area contributed by atoms with Crippen molar-refractivity contribution in [1.29, 1.82) is 0 Å².